The summed E-state index contributed by atoms with van der Waals surface area (Å²) in [6.45, 7) is 9.96. The van der Waals surface area contributed by atoms with Crippen LogP contribution >= 0.6 is 0 Å². The lowest BCUT2D eigenvalue weighted by atomic mass is 10.1. The fourth-order valence-electron chi connectivity index (χ4n) is 15.8. The van der Waals surface area contributed by atoms with Gasteiger partial charge >= 0.3 is 0 Å². The third-order valence-electron chi connectivity index (χ3n) is 22.8. The lowest BCUT2D eigenvalue weighted by Gasteiger charge is -2.32. The van der Waals surface area contributed by atoms with Crippen molar-refractivity contribution in [2.75, 3.05) is 174 Å². The molecule has 2 aliphatic rings. The molecule has 0 aliphatic carbocycles. The number of hydrogen-bond acceptors (Lipinski definition) is 31. The van der Waals surface area contributed by atoms with Gasteiger partial charge in [-0.2, -0.15) is 20.4 Å². The number of nitrogens with one attached hydrogen (secondary N) is 1. The summed E-state index contributed by atoms with van der Waals surface area (Å²) in [5, 5.41) is 48.1. The summed E-state index contributed by atoms with van der Waals surface area (Å²) in [4.78, 5) is 63.7. The number of nitrogens with zero attached hydrogens (tertiary/aromatic N) is 22. The number of anilines is 8. The molecule has 0 radical (unpaired) electrons. The number of aliphatic hydroxyl groups excluding tert-OH is 3. The third-order valence-corrected chi connectivity index (χ3v) is 22.8. The molecule has 0 atom stereocenters. The summed E-state index contributed by atoms with van der Waals surface area (Å²) >= 11 is 0. The van der Waals surface area contributed by atoms with Gasteiger partial charge in [0.1, 0.15) is 59.1 Å². The van der Waals surface area contributed by atoms with Crippen LogP contribution in [0.25, 0.3) is 89.2 Å². The van der Waals surface area contributed by atoms with E-state index >= 15 is 0 Å². The molecular formula is C99H112N24O12. The second kappa shape index (κ2) is 45.3. The van der Waals surface area contributed by atoms with Crippen LogP contribution in [-0.2, 0) is 32.5 Å². The van der Waals surface area contributed by atoms with Gasteiger partial charge in [0.2, 0.25) is 5.91 Å². The van der Waals surface area contributed by atoms with Crippen molar-refractivity contribution in [1.29, 1.82) is 0 Å². The summed E-state index contributed by atoms with van der Waals surface area (Å²) < 4.78 is 51.0. The van der Waals surface area contributed by atoms with Gasteiger partial charge in [0.25, 0.3) is 0 Å². The Balaban J connectivity index is 0.000000137. The lowest BCUT2D eigenvalue weighted by molar-refractivity contribution is -0.128. The monoisotopic (exact) mass is 1830 g/mol. The Morgan fingerprint density at radius 2 is 0.719 bits per heavy atom. The topological polar surface area (TPSA) is 383 Å². The number of fused-ring (bicyclic) bond motifs is 4. The number of likely N-dealkylation sites (tertiary alicyclic amines) is 1. The van der Waals surface area contributed by atoms with Crippen molar-refractivity contribution in [2.24, 2.45) is 26.9 Å². The highest BCUT2D eigenvalue weighted by Crippen LogP contribution is 2.41. The van der Waals surface area contributed by atoms with Crippen LogP contribution in [0.2, 0.25) is 0 Å². The molecule has 10 heterocycles. The van der Waals surface area contributed by atoms with Gasteiger partial charge in [0.15, 0.2) is 0 Å². The van der Waals surface area contributed by atoms with Gasteiger partial charge in [-0.1, -0.05) is 0 Å². The minimum absolute atomic E-state index is 0.0277. The number of hydrogen-bond donors (Lipinski definition) is 5. The minimum atomic E-state index is -0.0800. The number of nitrogens with two attached hydrogens (primary N) is 1. The second-order valence-corrected chi connectivity index (χ2v) is 31.9. The Hall–Kier alpha value is -15.2. The van der Waals surface area contributed by atoms with E-state index in [1.165, 1.54) is 0 Å². The molecule has 2 saturated heterocycles. The maximum Gasteiger partial charge on any atom is 0.242 e. The number of carbonyl (C=O) groups is 1. The molecule has 2 fully saturated rings. The molecule has 6 N–H and O–H groups in total. The zero-order chi connectivity index (χ0) is 94.3. The quantitative estimate of drug-likeness (QED) is 0.0250. The first-order valence-corrected chi connectivity index (χ1v) is 44.3. The second-order valence-electron chi connectivity index (χ2n) is 31.9. The zero-order valence-corrected chi connectivity index (χ0v) is 77.4. The number of methoxy groups -OCH3 is 7. The maximum atomic E-state index is 13.2. The molecule has 2 aliphatic heterocycles. The lowest BCUT2D eigenvalue weighted by Crippen LogP contribution is -2.45. The number of aryl methyl sites for hydroxylation is 3. The van der Waals surface area contributed by atoms with Gasteiger partial charge in [-0.05, 0) is 92.1 Å². The SMILES string of the molecule is COc1cc(OC)cc(N(CC(=O)N2CCCC2)c2ccc3ncc(-c4cnn(C)c4)nc3c2)c1.COc1cc(OC)cc(N(CCN)c2ccc3ncc(-c4cnn(CCO)c4)nc3c2)c1.COc1cc(OC)cc(N(CCN2CCNCC2)c2ccc3ncc(-c4cnn(C)c4)nc3c2)c1.COc1cc(OCCO)cc(N(CCCO)c2ccc3ncc(-c4cnn(C)c4)nc3c2)c1. The number of benzene rings is 8. The molecule has 16 aromatic rings. The van der Waals surface area contributed by atoms with Crippen LogP contribution in [0.1, 0.15) is 19.3 Å². The molecule has 18 rings (SSSR count). The number of piperazine rings is 1. The van der Waals surface area contributed by atoms with Crippen molar-refractivity contribution < 1.29 is 58.0 Å². The molecule has 1 amide bonds. The van der Waals surface area contributed by atoms with Crippen LogP contribution in [0, 0.1) is 0 Å². The molecule has 0 bridgehead atoms. The highest BCUT2D eigenvalue weighted by atomic mass is 16.5. The smallest absolute Gasteiger partial charge is 0.242 e. The van der Waals surface area contributed by atoms with E-state index in [-0.39, 0.29) is 38.9 Å². The molecule has 36 nitrogen and oxygen atoms in total. The Morgan fingerprint density at radius 3 is 1.07 bits per heavy atom. The fourth-order valence-corrected chi connectivity index (χ4v) is 15.8. The van der Waals surface area contributed by atoms with Gasteiger partial charge < -0.3 is 88.8 Å². The number of aliphatic hydroxyl groups is 3. The first-order valence-electron chi connectivity index (χ1n) is 44.3. The summed E-state index contributed by atoms with van der Waals surface area (Å²) in [5.74, 6) is 5.51. The Kier molecular flexibility index (Phi) is 31.7. The zero-order valence-electron chi connectivity index (χ0n) is 77.4. The van der Waals surface area contributed by atoms with E-state index in [1.807, 2.05) is 189 Å². The summed E-state index contributed by atoms with van der Waals surface area (Å²) in [5.41, 5.74) is 26.0. The van der Waals surface area contributed by atoms with Crippen LogP contribution in [0.4, 0.5) is 45.5 Å². The van der Waals surface area contributed by atoms with Crippen LogP contribution in [-0.4, -0.2) is 265 Å². The van der Waals surface area contributed by atoms with Crippen LogP contribution in [0.3, 0.4) is 0 Å². The summed E-state index contributed by atoms with van der Waals surface area (Å²) in [6.07, 6.45) is 24.3. The summed E-state index contributed by atoms with van der Waals surface area (Å²) in [6, 6.07) is 46.8. The average Bonchev–Trinajstić information content (AvgIpc) is 1.59. The van der Waals surface area contributed by atoms with E-state index in [2.05, 4.69) is 77.4 Å². The van der Waals surface area contributed by atoms with Crippen molar-refractivity contribution in [3.63, 3.8) is 0 Å². The van der Waals surface area contributed by atoms with E-state index in [1.54, 1.807) is 118 Å². The minimum Gasteiger partial charge on any atom is -0.497 e. The molecule has 0 saturated carbocycles. The number of carbonyl (C=O) groups excluding carboxylic acids is 1. The molecule has 0 spiro atoms. The van der Waals surface area contributed by atoms with Crippen molar-refractivity contribution in [3.05, 3.63) is 220 Å². The highest BCUT2D eigenvalue weighted by Gasteiger charge is 2.26. The third kappa shape index (κ3) is 23.8. The Morgan fingerprint density at radius 1 is 0.370 bits per heavy atom. The van der Waals surface area contributed by atoms with Crippen molar-refractivity contribution in [3.8, 4) is 91.0 Å². The summed E-state index contributed by atoms with van der Waals surface area (Å²) in [7, 11) is 17.1. The van der Waals surface area contributed by atoms with Gasteiger partial charge in [-0.15, -0.1) is 0 Å². The molecule has 36 heteroatoms. The van der Waals surface area contributed by atoms with E-state index in [0.29, 0.717) is 72.8 Å². The predicted molar refractivity (Wildman–Crippen MR) is 521 cm³/mol. The Labute approximate surface area is 781 Å². The highest BCUT2D eigenvalue weighted by molar-refractivity contribution is 5.90. The number of rotatable bonds is 34. The first-order chi connectivity index (χ1) is 65.9. The number of amides is 1. The van der Waals surface area contributed by atoms with Crippen LogP contribution in [0.15, 0.2) is 220 Å². The number of ether oxygens (including phenoxy) is 8. The van der Waals surface area contributed by atoms with E-state index in [4.69, 9.17) is 73.8 Å². The normalized spacial score (nSPS) is 12.4. The van der Waals surface area contributed by atoms with Crippen LogP contribution < -0.4 is 68.5 Å². The van der Waals surface area contributed by atoms with Crippen molar-refractivity contribution in [2.45, 2.75) is 25.8 Å². The van der Waals surface area contributed by atoms with Gasteiger partial charge in [0.05, 0.1) is 186 Å². The standard InChI is InChI=1S/C26H31N7O2.C26H28N6O3.C24H27N5O4.C23H26N6O3/c1-31-18-19(16-29-31)26-17-28-24-5-4-20(14-25(24)30-26)33(11-10-32-8-6-27-7-9-32)21-12-22(34-2)15-23(13-21)35-3;1-30-16-18(14-28-30)25-15-27-23-7-6-19(12-24(23)29-25)32(17-26(33)31-8-4-5-9-31)20-10-21(34-2)13-22(11-20)35-3;1-28-16-17(14-26-28)24-15-25-22-5-4-18(12-23(22)27-24)29(6-3-7-30)19-10-20(32-2)13-21(11-19)33-9-8-31;1-31-19-9-18(10-20(12-19)32-2)29(6-5-24)17-3-4-21-22(11-17)27-23(14-25-21)16-13-26-28(15-16)7-8-30/h4-5,12-18,27H,6-11H2,1-3H3;6-7,10-16H,4-5,8-9,17H2,1-3H3;4-5,10-16,30-31H,3,6-9H2,1-2H3;3-4,9-15,30H,5-8,24H2,1-2H3. The first kappa shape index (κ1) is 94.4. The number of aromatic nitrogens is 16. The molecule has 700 valence electrons. The molecule has 0 unspecified atom stereocenters. The fraction of sp³-hybridized carbons (Fsp3) is 0.303. The van der Waals surface area contributed by atoms with Crippen molar-refractivity contribution >= 4 is 95.5 Å². The van der Waals surface area contributed by atoms with E-state index in [0.717, 1.165) is 206 Å². The van der Waals surface area contributed by atoms with Gasteiger partial charge in [0, 0.05) is 265 Å². The predicted octanol–water partition coefficient (Wildman–Crippen LogP) is 12.4. The van der Waals surface area contributed by atoms with Gasteiger partial charge in [-0.25, -0.2) is 19.9 Å². The average molecular weight is 1830 g/mol. The molecule has 8 aromatic heterocycles. The van der Waals surface area contributed by atoms with Crippen LogP contribution in [0.5, 0.6) is 46.0 Å². The van der Waals surface area contributed by atoms with E-state index in [9.17, 15) is 9.90 Å². The van der Waals surface area contributed by atoms with Gasteiger partial charge in [-0.3, -0.25) is 48.4 Å². The largest absolute Gasteiger partial charge is 0.497 e. The van der Waals surface area contributed by atoms with Crippen molar-refractivity contribution in [1.82, 2.24) is 94.1 Å². The molecule has 135 heavy (non-hydrogen) atoms. The maximum absolute atomic E-state index is 13.2. The molecule has 8 aromatic carbocycles. The molecular weight excluding hydrogens is 1720 g/mol. The van der Waals surface area contributed by atoms with E-state index < -0.39 is 0 Å². The Bertz CT molecular complexity index is 6610.